The molecule has 15 heavy (non-hydrogen) atoms. The van der Waals surface area contributed by atoms with Gasteiger partial charge in [0.1, 0.15) is 6.61 Å². The summed E-state index contributed by atoms with van der Waals surface area (Å²) in [4.78, 5) is 15.3. The van der Waals surface area contributed by atoms with Gasteiger partial charge in [-0.15, -0.1) is 4.58 Å². The highest BCUT2D eigenvalue weighted by Crippen LogP contribution is 2.01. The lowest BCUT2D eigenvalue weighted by molar-refractivity contribution is -0.435. The van der Waals surface area contributed by atoms with Crippen molar-refractivity contribution in [2.75, 3.05) is 6.67 Å². The number of aliphatic imine (C=N–C) groups is 1. The third-order valence-corrected chi connectivity index (χ3v) is 2.03. The minimum atomic E-state index is -0.364. The minimum absolute atomic E-state index is 0.296. The smallest absolute Gasteiger partial charge is 0.407 e. The van der Waals surface area contributed by atoms with Crippen molar-refractivity contribution < 1.29 is 14.1 Å². The van der Waals surface area contributed by atoms with Gasteiger partial charge in [0, 0.05) is 0 Å². The standard InChI is InChI=1S/C11H11N2O2/c14-11(13-7-6-12-9-13)15-8-10-4-2-1-3-5-10/h1-7H,8-9H2/q+1. The molecule has 76 valence electrons. The number of carbonyl (C=O) groups is 1. The lowest BCUT2D eigenvalue weighted by Gasteiger charge is -2.00. The second kappa shape index (κ2) is 4.50. The fourth-order valence-corrected chi connectivity index (χ4v) is 1.23. The topological polar surface area (TPSA) is 41.7 Å². The molecule has 1 aromatic rings. The van der Waals surface area contributed by atoms with E-state index in [0.29, 0.717) is 13.3 Å². The number of nitrogens with zero attached hydrogens (tertiary/aromatic N) is 2. The normalized spacial score (nSPS) is 13.7. The van der Waals surface area contributed by atoms with E-state index >= 15 is 0 Å². The Balaban J connectivity index is 1.86. The summed E-state index contributed by atoms with van der Waals surface area (Å²) in [6.45, 7) is 0.650. The van der Waals surface area contributed by atoms with Crippen molar-refractivity contribution in [2.24, 2.45) is 4.99 Å². The van der Waals surface area contributed by atoms with E-state index in [9.17, 15) is 4.79 Å². The first-order valence-corrected chi connectivity index (χ1v) is 4.67. The molecule has 0 aromatic heterocycles. The van der Waals surface area contributed by atoms with Crippen LogP contribution < -0.4 is 0 Å². The van der Waals surface area contributed by atoms with Crippen LogP contribution in [0.15, 0.2) is 35.3 Å². The van der Waals surface area contributed by atoms with Crippen molar-refractivity contribution in [2.45, 2.75) is 6.61 Å². The summed E-state index contributed by atoms with van der Waals surface area (Å²) in [6, 6.07) is 9.57. The highest BCUT2D eigenvalue weighted by atomic mass is 16.5. The van der Waals surface area contributed by atoms with Crippen LogP contribution in [0, 0.1) is 0 Å². The van der Waals surface area contributed by atoms with Gasteiger partial charge in [0.2, 0.25) is 6.67 Å². The average molecular weight is 203 g/mol. The zero-order valence-electron chi connectivity index (χ0n) is 8.17. The van der Waals surface area contributed by atoms with E-state index in [1.807, 2.05) is 30.3 Å². The fourth-order valence-electron chi connectivity index (χ4n) is 1.23. The maximum Gasteiger partial charge on any atom is 0.598 e. The number of amides is 1. The highest BCUT2D eigenvalue weighted by molar-refractivity contribution is 6.15. The first-order chi connectivity index (χ1) is 7.36. The lowest BCUT2D eigenvalue weighted by Crippen LogP contribution is -2.20. The number of rotatable bonds is 2. The van der Waals surface area contributed by atoms with Crippen LogP contribution in [-0.2, 0) is 11.3 Å². The highest BCUT2D eigenvalue weighted by Gasteiger charge is 2.20. The van der Waals surface area contributed by atoms with E-state index in [0.717, 1.165) is 5.56 Å². The molecule has 0 spiro atoms. The van der Waals surface area contributed by atoms with Gasteiger partial charge in [-0.3, -0.25) is 0 Å². The molecule has 4 nitrogen and oxygen atoms in total. The number of hydrogen-bond donors (Lipinski definition) is 0. The van der Waals surface area contributed by atoms with E-state index in [-0.39, 0.29) is 6.09 Å². The van der Waals surface area contributed by atoms with E-state index in [2.05, 4.69) is 4.99 Å². The molecule has 1 aliphatic heterocycles. The van der Waals surface area contributed by atoms with Gasteiger partial charge in [-0.25, -0.2) is 4.99 Å². The van der Waals surface area contributed by atoms with Crippen LogP contribution in [-0.4, -0.2) is 29.8 Å². The molecular weight excluding hydrogens is 192 g/mol. The van der Waals surface area contributed by atoms with Crippen LogP contribution in [0.4, 0.5) is 4.79 Å². The molecule has 0 fully saturated rings. The molecule has 1 heterocycles. The zero-order valence-corrected chi connectivity index (χ0v) is 8.17. The molecule has 4 heteroatoms. The fraction of sp³-hybridized carbons (Fsp3) is 0.182. The Morgan fingerprint density at radius 1 is 1.40 bits per heavy atom. The van der Waals surface area contributed by atoms with Gasteiger partial charge in [0.05, 0.1) is 6.21 Å². The first kappa shape index (κ1) is 9.58. The molecule has 1 amide bonds. The maximum absolute atomic E-state index is 11.4. The Morgan fingerprint density at radius 2 is 2.20 bits per heavy atom. The minimum Gasteiger partial charge on any atom is -0.407 e. The summed E-state index contributed by atoms with van der Waals surface area (Å²) in [6.07, 6.45) is 2.83. The molecule has 0 saturated heterocycles. The second-order valence-electron chi connectivity index (χ2n) is 3.13. The molecule has 1 aromatic carbocycles. The summed E-state index contributed by atoms with van der Waals surface area (Å²) in [7, 11) is 0. The molecule has 0 atom stereocenters. The molecule has 0 radical (unpaired) electrons. The molecule has 0 aliphatic carbocycles. The Morgan fingerprint density at radius 3 is 2.87 bits per heavy atom. The van der Waals surface area contributed by atoms with E-state index in [1.165, 1.54) is 4.58 Å². The predicted octanol–water partition coefficient (Wildman–Crippen LogP) is 1.45. The van der Waals surface area contributed by atoms with Crippen LogP contribution in [0.3, 0.4) is 0 Å². The number of hydrogen-bond acceptors (Lipinski definition) is 3. The SMILES string of the molecule is O=C(OCc1ccccc1)[N+]1=CC=NC1. The quantitative estimate of drug-likeness (QED) is 0.682. The number of benzene rings is 1. The third-order valence-electron chi connectivity index (χ3n) is 2.03. The van der Waals surface area contributed by atoms with Crippen LogP contribution >= 0.6 is 0 Å². The summed E-state index contributed by atoms with van der Waals surface area (Å²) in [5, 5.41) is 0. The van der Waals surface area contributed by atoms with Crippen LogP contribution in [0.2, 0.25) is 0 Å². The second-order valence-corrected chi connectivity index (χ2v) is 3.13. The molecule has 2 rings (SSSR count). The molecule has 0 bridgehead atoms. The van der Waals surface area contributed by atoms with E-state index in [1.54, 1.807) is 12.4 Å². The Bertz CT molecular complexity index is 410. The van der Waals surface area contributed by atoms with Gasteiger partial charge in [-0.2, -0.15) is 4.79 Å². The summed E-state index contributed by atoms with van der Waals surface area (Å²) in [5.41, 5.74) is 0.978. The molecular formula is C11H11N2O2+. The molecule has 0 N–H and O–H groups in total. The number of ether oxygens (including phenoxy) is 1. The van der Waals surface area contributed by atoms with Gasteiger partial charge in [-0.1, -0.05) is 30.3 Å². The molecule has 1 aliphatic rings. The molecule has 0 unspecified atom stereocenters. The molecule has 0 saturated carbocycles. The van der Waals surface area contributed by atoms with Gasteiger partial charge >= 0.3 is 6.09 Å². The van der Waals surface area contributed by atoms with Crippen molar-refractivity contribution in [3.8, 4) is 0 Å². The van der Waals surface area contributed by atoms with Crippen LogP contribution in [0.5, 0.6) is 0 Å². The van der Waals surface area contributed by atoms with Gasteiger partial charge in [-0.05, 0) is 5.56 Å². The Labute approximate surface area is 87.5 Å². The zero-order chi connectivity index (χ0) is 10.5. The van der Waals surface area contributed by atoms with Crippen LogP contribution in [0.1, 0.15) is 5.56 Å². The van der Waals surface area contributed by atoms with Gasteiger partial charge in [0.25, 0.3) is 0 Å². The average Bonchev–Trinajstić information content (AvgIpc) is 2.81. The van der Waals surface area contributed by atoms with E-state index in [4.69, 9.17) is 4.74 Å². The Hall–Kier alpha value is -1.97. The third kappa shape index (κ3) is 2.49. The van der Waals surface area contributed by atoms with Crippen LogP contribution in [0.25, 0.3) is 0 Å². The Kier molecular flexibility index (Phi) is 2.88. The first-order valence-electron chi connectivity index (χ1n) is 4.67. The van der Waals surface area contributed by atoms with Crippen molar-refractivity contribution >= 4 is 18.5 Å². The largest absolute Gasteiger partial charge is 0.598 e. The monoisotopic (exact) mass is 203 g/mol. The number of carbonyl (C=O) groups excluding carboxylic acids is 1. The van der Waals surface area contributed by atoms with Crippen molar-refractivity contribution in [1.29, 1.82) is 0 Å². The maximum atomic E-state index is 11.4. The van der Waals surface area contributed by atoms with E-state index < -0.39 is 0 Å². The van der Waals surface area contributed by atoms with Crippen molar-refractivity contribution in [1.82, 2.24) is 0 Å². The van der Waals surface area contributed by atoms with Gasteiger partial charge < -0.3 is 4.74 Å². The predicted molar refractivity (Wildman–Crippen MR) is 56.3 cm³/mol. The van der Waals surface area contributed by atoms with Crippen molar-refractivity contribution in [3.05, 3.63) is 35.9 Å². The summed E-state index contributed by atoms with van der Waals surface area (Å²) in [5.74, 6) is 0. The summed E-state index contributed by atoms with van der Waals surface area (Å²) < 4.78 is 6.51. The summed E-state index contributed by atoms with van der Waals surface area (Å²) >= 11 is 0. The van der Waals surface area contributed by atoms with Gasteiger partial charge in [0.15, 0.2) is 6.21 Å². The van der Waals surface area contributed by atoms with Crippen molar-refractivity contribution in [3.63, 3.8) is 0 Å². The lowest BCUT2D eigenvalue weighted by atomic mass is 10.2.